The Balaban J connectivity index is 1.81. The van der Waals surface area contributed by atoms with Crippen molar-refractivity contribution >= 4 is 0 Å². The van der Waals surface area contributed by atoms with Gasteiger partial charge in [-0.3, -0.25) is 0 Å². The molecule has 0 radical (unpaired) electrons. The van der Waals surface area contributed by atoms with Crippen LogP contribution in [-0.2, 0) is 0 Å². The minimum absolute atomic E-state index is 0.102. The van der Waals surface area contributed by atoms with Crippen molar-refractivity contribution in [2.75, 3.05) is 6.54 Å². The van der Waals surface area contributed by atoms with Crippen LogP contribution in [0.3, 0.4) is 0 Å². The van der Waals surface area contributed by atoms with E-state index < -0.39 is 0 Å². The van der Waals surface area contributed by atoms with E-state index in [4.69, 9.17) is 5.73 Å². The molecule has 2 heteroatoms. The van der Waals surface area contributed by atoms with Crippen molar-refractivity contribution in [3.8, 4) is 0 Å². The monoisotopic (exact) mass is 259 g/mol. The van der Waals surface area contributed by atoms with Crippen LogP contribution in [0.2, 0.25) is 0 Å². The average Bonchev–Trinajstić information content (AvgIpc) is 3.04. The summed E-state index contributed by atoms with van der Waals surface area (Å²) in [6.45, 7) is 2.66. The summed E-state index contributed by atoms with van der Waals surface area (Å²) in [5.74, 6) is 2.20. The highest BCUT2D eigenvalue weighted by Gasteiger charge is 2.44. The molecule has 2 aliphatic carbocycles. The van der Waals surface area contributed by atoms with E-state index in [9.17, 15) is 5.11 Å². The van der Waals surface area contributed by atoms with Crippen molar-refractivity contribution in [3.05, 3.63) is 35.4 Å². The molecule has 0 amide bonds. The molecule has 0 aliphatic heterocycles. The minimum Gasteiger partial charge on any atom is -0.392 e. The van der Waals surface area contributed by atoms with Gasteiger partial charge in [0.25, 0.3) is 0 Å². The van der Waals surface area contributed by atoms with Gasteiger partial charge in [-0.1, -0.05) is 30.7 Å². The fourth-order valence-corrected chi connectivity index (χ4v) is 4.46. The van der Waals surface area contributed by atoms with Gasteiger partial charge in [-0.05, 0) is 55.1 Å². The van der Waals surface area contributed by atoms with E-state index in [0.29, 0.717) is 12.5 Å². The number of benzene rings is 1. The zero-order valence-corrected chi connectivity index (χ0v) is 11.8. The Labute approximate surface area is 116 Å². The van der Waals surface area contributed by atoms with Crippen LogP contribution >= 0.6 is 0 Å². The molecule has 1 aromatic rings. The van der Waals surface area contributed by atoms with Gasteiger partial charge in [0, 0.05) is 12.5 Å². The molecule has 2 fully saturated rings. The normalized spacial score (nSPS) is 32.5. The van der Waals surface area contributed by atoms with Crippen molar-refractivity contribution in [3.63, 3.8) is 0 Å². The third-order valence-electron chi connectivity index (χ3n) is 5.49. The van der Waals surface area contributed by atoms with Crippen LogP contribution in [0, 0.1) is 24.7 Å². The van der Waals surface area contributed by atoms with Crippen LogP contribution in [0.15, 0.2) is 24.3 Å². The molecule has 2 aliphatic rings. The van der Waals surface area contributed by atoms with Gasteiger partial charge in [0.05, 0.1) is 6.10 Å². The summed E-state index contributed by atoms with van der Waals surface area (Å²) in [5.41, 5.74) is 8.47. The Bertz CT molecular complexity index is 445. The summed E-state index contributed by atoms with van der Waals surface area (Å²) in [6.07, 6.45) is 4.99. The third-order valence-corrected chi connectivity index (χ3v) is 5.49. The summed E-state index contributed by atoms with van der Waals surface area (Å²) >= 11 is 0. The molecule has 0 spiro atoms. The van der Waals surface area contributed by atoms with Crippen LogP contribution in [-0.4, -0.2) is 17.8 Å². The number of aryl methyl sites for hydroxylation is 1. The number of aliphatic hydroxyl groups is 1. The standard InChI is InChI=1S/C17H25NO/c1-11-4-2-3-5-14(11)16(10-18)17(19)15-9-12-6-7-13(15)8-12/h2-5,12-13,15-17,19H,6-10,18H2,1H3. The number of fused-ring (bicyclic) bond motifs is 2. The molecule has 5 unspecified atom stereocenters. The van der Waals surface area contributed by atoms with E-state index in [1.807, 2.05) is 0 Å². The third kappa shape index (κ3) is 2.32. The highest BCUT2D eigenvalue weighted by atomic mass is 16.3. The maximum Gasteiger partial charge on any atom is 0.0651 e. The van der Waals surface area contributed by atoms with Gasteiger partial charge >= 0.3 is 0 Å². The van der Waals surface area contributed by atoms with E-state index >= 15 is 0 Å². The predicted molar refractivity (Wildman–Crippen MR) is 77.9 cm³/mol. The molecule has 104 valence electrons. The topological polar surface area (TPSA) is 46.2 Å². The molecular formula is C17H25NO. The lowest BCUT2D eigenvalue weighted by Crippen LogP contribution is -2.35. The van der Waals surface area contributed by atoms with E-state index in [-0.39, 0.29) is 12.0 Å². The molecule has 0 saturated heterocycles. The molecule has 3 rings (SSSR count). The van der Waals surface area contributed by atoms with Gasteiger partial charge in [-0.2, -0.15) is 0 Å². The first-order valence-electron chi connectivity index (χ1n) is 7.64. The molecule has 3 N–H and O–H groups in total. The van der Waals surface area contributed by atoms with E-state index in [1.165, 1.54) is 36.8 Å². The van der Waals surface area contributed by atoms with E-state index in [1.54, 1.807) is 0 Å². The summed E-state index contributed by atoms with van der Waals surface area (Å²) in [7, 11) is 0. The average molecular weight is 259 g/mol. The quantitative estimate of drug-likeness (QED) is 0.873. The molecule has 2 saturated carbocycles. The fourth-order valence-electron chi connectivity index (χ4n) is 4.46. The van der Waals surface area contributed by atoms with Gasteiger partial charge < -0.3 is 10.8 Å². The van der Waals surface area contributed by atoms with Crippen LogP contribution in [0.25, 0.3) is 0 Å². The van der Waals surface area contributed by atoms with Crippen LogP contribution in [0.5, 0.6) is 0 Å². The first kappa shape index (κ1) is 13.1. The summed E-state index contributed by atoms with van der Waals surface area (Å²) in [5, 5.41) is 10.8. The highest BCUT2D eigenvalue weighted by Crippen LogP contribution is 2.51. The molecule has 2 nitrogen and oxygen atoms in total. The van der Waals surface area contributed by atoms with Gasteiger partial charge in [0.1, 0.15) is 0 Å². The molecule has 5 atom stereocenters. The lowest BCUT2D eigenvalue weighted by Gasteiger charge is -2.33. The largest absolute Gasteiger partial charge is 0.392 e. The number of nitrogens with two attached hydrogens (primary N) is 1. The first-order chi connectivity index (χ1) is 9.20. The maximum absolute atomic E-state index is 10.8. The molecule has 1 aromatic carbocycles. The second-order valence-corrected chi connectivity index (χ2v) is 6.53. The van der Waals surface area contributed by atoms with Crippen LogP contribution < -0.4 is 5.73 Å². The molecule has 19 heavy (non-hydrogen) atoms. The molecule has 0 heterocycles. The van der Waals surface area contributed by atoms with Crippen molar-refractivity contribution in [1.82, 2.24) is 0 Å². The Hall–Kier alpha value is -0.860. The molecule has 2 bridgehead atoms. The highest BCUT2D eigenvalue weighted by molar-refractivity contribution is 5.30. The van der Waals surface area contributed by atoms with Crippen molar-refractivity contribution in [1.29, 1.82) is 0 Å². The van der Waals surface area contributed by atoms with Crippen LogP contribution in [0.4, 0.5) is 0 Å². The predicted octanol–water partition coefficient (Wildman–Crippen LogP) is 2.83. The smallest absolute Gasteiger partial charge is 0.0651 e. The van der Waals surface area contributed by atoms with E-state index in [2.05, 4.69) is 31.2 Å². The van der Waals surface area contributed by atoms with Gasteiger partial charge in [-0.15, -0.1) is 0 Å². The van der Waals surface area contributed by atoms with Gasteiger partial charge in [0.15, 0.2) is 0 Å². The summed E-state index contributed by atoms with van der Waals surface area (Å²) in [4.78, 5) is 0. The zero-order chi connectivity index (χ0) is 13.4. The van der Waals surface area contributed by atoms with E-state index in [0.717, 1.165) is 11.8 Å². The Morgan fingerprint density at radius 1 is 1.26 bits per heavy atom. The van der Waals surface area contributed by atoms with Gasteiger partial charge in [-0.25, -0.2) is 0 Å². The number of hydrogen-bond acceptors (Lipinski definition) is 2. The first-order valence-corrected chi connectivity index (χ1v) is 7.64. The van der Waals surface area contributed by atoms with Crippen molar-refractivity contribution < 1.29 is 5.11 Å². The Morgan fingerprint density at radius 3 is 2.63 bits per heavy atom. The maximum atomic E-state index is 10.8. The Kier molecular flexibility index (Phi) is 3.64. The second kappa shape index (κ2) is 5.26. The summed E-state index contributed by atoms with van der Waals surface area (Å²) in [6, 6.07) is 8.35. The van der Waals surface area contributed by atoms with Crippen LogP contribution in [0.1, 0.15) is 42.7 Å². The lowest BCUT2D eigenvalue weighted by atomic mass is 9.77. The summed E-state index contributed by atoms with van der Waals surface area (Å²) < 4.78 is 0. The molecule has 0 aromatic heterocycles. The van der Waals surface area contributed by atoms with Crippen molar-refractivity contribution in [2.24, 2.45) is 23.5 Å². The SMILES string of the molecule is Cc1ccccc1C(CN)C(O)C1CC2CCC1C2. The second-order valence-electron chi connectivity index (χ2n) is 6.53. The van der Waals surface area contributed by atoms with Crippen molar-refractivity contribution in [2.45, 2.75) is 44.6 Å². The lowest BCUT2D eigenvalue weighted by molar-refractivity contribution is 0.0530. The number of aliphatic hydroxyl groups excluding tert-OH is 1. The number of hydrogen-bond donors (Lipinski definition) is 2. The Morgan fingerprint density at radius 2 is 2.05 bits per heavy atom. The minimum atomic E-state index is -0.263. The van der Waals surface area contributed by atoms with Gasteiger partial charge in [0.2, 0.25) is 0 Å². The fraction of sp³-hybridized carbons (Fsp3) is 0.647. The zero-order valence-electron chi connectivity index (χ0n) is 11.8. The molecular weight excluding hydrogens is 234 g/mol. The number of rotatable bonds is 4.